The lowest BCUT2D eigenvalue weighted by atomic mass is 9.98. The molecule has 5 rings (SSSR count). The molecule has 142 valence electrons. The highest BCUT2D eigenvalue weighted by Crippen LogP contribution is 2.41. The van der Waals surface area contributed by atoms with Crippen LogP contribution in [0.1, 0.15) is 33.3 Å². The van der Waals surface area contributed by atoms with Crippen molar-refractivity contribution in [3.8, 4) is 0 Å². The van der Waals surface area contributed by atoms with Gasteiger partial charge in [-0.1, -0.05) is 42.0 Å². The third kappa shape index (κ3) is 2.66. The van der Waals surface area contributed by atoms with Crippen molar-refractivity contribution >= 4 is 22.6 Å². The number of carbonyl (C=O) groups is 1. The zero-order valence-corrected chi connectivity index (χ0v) is 15.6. The van der Waals surface area contributed by atoms with Gasteiger partial charge in [0.2, 0.25) is 5.76 Å². The molecule has 0 fully saturated rings. The molecule has 1 aromatic heterocycles. The van der Waals surface area contributed by atoms with Crippen molar-refractivity contribution in [3.05, 3.63) is 111 Å². The fourth-order valence-electron chi connectivity index (χ4n) is 3.91. The van der Waals surface area contributed by atoms with Crippen LogP contribution in [0.5, 0.6) is 0 Å². The summed E-state index contributed by atoms with van der Waals surface area (Å²) in [5.41, 5.74) is 2.67. The maximum atomic E-state index is 13.5. The fraction of sp³-hybridized carbons (Fsp3) is 0.0833. The first-order chi connectivity index (χ1) is 14.0. The SMILES string of the molecule is Cc1ccc2oc3c(c(=O)c2c1)C(c1ccccc1)N(c1ccc(F)cc1)C3=O. The number of aryl methyl sites for hydroxylation is 1. The first kappa shape index (κ1) is 17.4. The van der Waals surface area contributed by atoms with E-state index in [1.54, 1.807) is 12.1 Å². The molecular formula is C24H16FNO3. The highest BCUT2D eigenvalue weighted by Gasteiger charge is 2.43. The molecule has 2 heterocycles. The summed E-state index contributed by atoms with van der Waals surface area (Å²) in [6, 6.07) is 19.6. The van der Waals surface area contributed by atoms with Gasteiger partial charge >= 0.3 is 0 Å². The van der Waals surface area contributed by atoms with E-state index < -0.39 is 17.8 Å². The van der Waals surface area contributed by atoms with Crippen molar-refractivity contribution in [2.75, 3.05) is 4.90 Å². The number of hydrogen-bond acceptors (Lipinski definition) is 3. The van der Waals surface area contributed by atoms with Crippen LogP contribution >= 0.6 is 0 Å². The van der Waals surface area contributed by atoms with Crippen LogP contribution in [0.2, 0.25) is 0 Å². The van der Waals surface area contributed by atoms with Gasteiger partial charge in [0.05, 0.1) is 17.0 Å². The van der Waals surface area contributed by atoms with Gasteiger partial charge in [0, 0.05) is 5.69 Å². The van der Waals surface area contributed by atoms with Crippen LogP contribution in [0.3, 0.4) is 0 Å². The Labute approximate surface area is 165 Å². The number of nitrogens with zero attached hydrogens (tertiary/aromatic N) is 1. The van der Waals surface area contributed by atoms with Crippen LogP contribution in [-0.2, 0) is 0 Å². The lowest BCUT2D eigenvalue weighted by Gasteiger charge is -2.25. The summed E-state index contributed by atoms with van der Waals surface area (Å²) in [6.07, 6.45) is 0. The van der Waals surface area contributed by atoms with Gasteiger partial charge in [-0.3, -0.25) is 14.5 Å². The predicted molar refractivity (Wildman–Crippen MR) is 109 cm³/mol. The molecule has 29 heavy (non-hydrogen) atoms. The first-order valence-electron chi connectivity index (χ1n) is 9.26. The van der Waals surface area contributed by atoms with Crippen molar-refractivity contribution in [1.82, 2.24) is 0 Å². The van der Waals surface area contributed by atoms with Crippen LogP contribution in [0.25, 0.3) is 11.0 Å². The molecule has 0 spiro atoms. The molecule has 0 bridgehead atoms. The van der Waals surface area contributed by atoms with Gasteiger partial charge < -0.3 is 4.42 Å². The smallest absolute Gasteiger partial charge is 0.295 e. The van der Waals surface area contributed by atoms with Crippen LogP contribution in [0, 0.1) is 12.7 Å². The van der Waals surface area contributed by atoms with Crippen LogP contribution in [0.15, 0.2) is 82.0 Å². The monoisotopic (exact) mass is 385 g/mol. The quantitative estimate of drug-likeness (QED) is 0.488. The zero-order chi connectivity index (χ0) is 20.1. The Kier molecular flexibility index (Phi) is 3.84. The van der Waals surface area contributed by atoms with Crippen molar-refractivity contribution in [3.63, 3.8) is 0 Å². The Morgan fingerprint density at radius 1 is 0.931 bits per heavy atom. The third-order valence-electron chi connectivity index (χ3n) is 5.25. The molecule has 5 heteroatoms. The zero-order valence-electron chi connectivity index (χ0n) is 15.6. The number of benzene rings is 3. The van der Waals surface area contributed by atoms with Crippen LogP contribution in [0.4, 0.5) is 10.1 Å². The molecule has 1 aliphatic heterocycles. The van der Waals surface area contributed by atoms with Gasteiger partial charge in [-0.25, -0.2) is 4.39 Å². The number of amides is 1. The molecule has 0 radical (unpaired) electrons. The Hall–Kier alpha value is -3.73. The molecule has 1 amide bonds. The molecule has 1 unspecified atom stereocenters. The topological polar surface area (TPSA) is 50.5 Å². The van der Waals surface area contributed by atoms with Gasteiger partial charge in [0.1, 0.15) is 11.4 Å². The lowest BCUT2D eigenvalue weighted by molar-refractivity contribution is 0.0971. The van der Waals surface area contributed by atoms with E-state index in [1.165, 1.54) is 29.2 Å². The Bertz CT molecular complexity index is 1310. The van der Waals surface area contributed by atoms with E-state index in [4.69, 9.17) is 4.42 Å². The van der Waals surface area contributed by atoms with Gasteiger partial charge in [0.25, 0.3) is 5.91 Å². The molecule has 4 aromatic rings. The molecule has 0 N–H and O–H groups in total. The van der Waals surface area contributed by atoms with Crippen molar-refractivity contribution in [1.29, 1.82) is 0 Å². The minimum absolute atomic E-state index is 0.0320. The Morgan fingerprint density at radius 2 is 1.66 bits per heavy atom. The van der Waals surface area contributed by atoms with E-state index in [0.717, 1.165) is 11.1 Å². The molecular weight excluding hydrogens is 369 g/mol. The maximum Gasteiger partial charge on any atom is 0.295 e. The molecule has 3 aromatic carbocycles. The summed E-state index contributed by atoms with van der Waals surface area (Å²) in [5, 5.41) is 0.443. The fourth-order valence-corrected chi connectivity index (χ4v) is 3.91. The Morgan fingerprint density at radius 3 is 2.38 bits per heavy atom. The number of rotatable bonds is 2. The van der Waals surface area contributed by atoms with Gasteiger partial charge in [-0.05, 0) is 48.9 Å². The number of hydrogen-bond donors (Lipinski definition) is 0. The van der Waals surface area contributed by atoms with Crippen molar-refractivity contribution < 1.29 is 13.6 Å². The number of carbonyl (C=O) groups excluding carboxylic acids is 1. The normalized spacial score (nSPS) is 15.7. The standard InChI is InChI=1S/C24H16FNO3/c1-14-7-12-19-18(13-14)22(27)20-21(15-5-3-2-4-6-15)26(24(28)23(20)29-19)17-10-8-16(25)9-11-17/h2-13,21H,1H3. The summed E-state index contributed by atoms with van der Waals surface area (Å²) < 4.78 is 19.4. The van der Waals surface area contributed by atoms with E-state index in [2.05, 4.69) is 0 Å². The van der Waals surface area contributed by atoms with Gasteiger partial charge in [0.15, 0.2) is 5.43 Å². The van der Waals surface area contributed by atoms with Gasteiger partial charge in [-0.2, -0.15) is 0 Å². The minimum atomic E-state index is -0.648. The number of anilines is 1. The summed E-state index contributed by atoms with van der Waals surface area (Å²) in [6.45, 7) is 1.90. The summed E-state index contributed by atoms with van der Waals surface area (Å²) in [7, 11) is 0. The molecule has 4 nitrogen and oxygen atoms in total. The molecule has 0 aliphatic carbocycles. The molecule has 0 saturated heterocycles. The largest absolute Gasteiger partial charge is 0.450 e. The molecule has 0 saturated carbocycles. The van der Waals surface area contributed by atoms with Crippen LogP contribution < -0.4 is 10.3 Å². The average Bonchev–Trinajstić information content (AvgIpc) is 3.03. The third-order valence-corrected chi connectivity index (χ3v) is 5.25. The molecule has 1 aliphatic rings. The maximum absolute atomic E-state index is 13.5. The Balaban J connectivity index is 1.82. The second-order valence-electron chi connectivity index (χ2n) is 7.14. The highest BCUT2D eigenvalue weighted by atomic mass is 19.1. The van der Waals surface area contributed by atoms with E-state index >= 15 is 0 Å². The summed E-state index contributed by atoms with van der Waals surface area (Å²) in [5.74, 6) is -0.783. The minimum Gasteiger partial charge on any atom is -0.450 e. The number of fused-ring (bicyclic) bond motifs is 2. The predicted octanol–water partition coefficient (Wildman–Crippen LogP) is 4.99. The second kappa shape index (κ2) is 6.41. The van der Waals surface area contributed by atoms with E-state index in [1.807, 2.05) is 43.3 Å². The summed E-state index contributed by atoms with van der Waals surface area (Å²) >= 11 is 0. The van der Waals surface area contributed by atoms with E-state index in [9.17, 15) is 14.0 Å². The van der Waals surface area contributed by atoms with Crippen LogP contribution in [-0.4, -0.2) is 5.91 Å². The lowest BCUT2D eigenvalue weighted by Crippen LogP contribution is -2.29. The number of halogens is 1. The van der Waals surface area contributed by atoms with Crippen molar-refractivity contribution in [2.24, 2.45) is 0 Å². The van der Waals surface area contributed by atoms with E-state index in [-0.39, 0.29) is 11.2 Å². The molecule has 1 atom stereocenters. The van der Waals surface area contributed by atoms with Crippen molar-refractivity contribution in [2.45, 2.75) is 13.0 Å². The highest BCUT2D eigenvalue weighted by molar-refractivity contribution is 6.10. The van der Waals surface area contributed by atoms with Gasteiger partial charge in [-0.15, -0.1) is 0 Å². The second-order valence-corrected chi connectivity index (χ2v) is 7.14. The van der Waals surface area contributed by atoms with E-state index in [0.29, 0.717) is 22.2 Å². The summed E-state index contributed by atoms with van der Waals surface area (Å²) in [4.78, 5) is 28.3. The average molecular weight is 385 g/mol. The first-order valence-corrected chi connectivity index (χ1v) is 9.26.